The summed E-state index contributed by atoms with van der Waals surface area (Å²) in [5.41, 5.74) is 2.33. The van der Waals surface area contributed by atoms with Gasteiger partial charge in [-0.3, -0.25) is 14.3 Å². The van der Waals surface area contributed by atoms with Gasteiger partial charge in [-0.2, -0.15) is 5.10 Å². The molecule has 2 aliphatic rings. The Morgan fingerprint density at radius 2 is 1.75 bits per heavy atom. The van der Waals surface area contributed by atoms with Crippen LogP contribution in [0.4, 0.5) is 4.39 Å². The lowest BCUT2D eigenvalue weighted by atomic mass is 9.94. The number of hydrogen-bond donors (Lipinski definition) is 1. The summed E-state index contributed by atoms with van der Waals surface area (Å²) in [6.07, 6.45) is 3.46. The molecule has 0 aliphatic carbocycles. The number of rotatable bonds is 5. The van der Waals surface area contributed by atoms with Crippen LogP contribution in [0.1, 0.15) is 47.8 Å². The number of halogens is 1. The normalized spacial score (nSPS) is 21.5. The van der Waals surface area contributed by atoms with Crippen molar-refractivity contribution in [2.24, 2.45) is 7.05 Å². The second-order valence-electron chi connectivity index (χ2n) is 8.62. The van der Waals surface area contributed by atoms with E-state index >= 15 is 0 Å². The van der Waals surface area contributed by atoms with E-state index in [2.05, 4.69) is 10.00 Å². The Bertz CT molecular complexity index is 1070. The highest BCUT2D eigenvalue weighted by Gasteiger charge is 2.46. The first-order chi connectivity index (χ1) is 15.3. The Hall–Kier alpha value is -3.00. The molecule has 0 spiro atoms. The fourth-order valence-electron chi connectivity index (χ4n) is 4.79. The molecular formula is C24H29FN4O3. The summed E-state index contributed by atoms with van der Waals surface area (Å²) in [4.78, 5) is 30.0. The number of carbonyl (C=O) groups excluding carboxylic acids is 2. The number of ketones is 1. The van der Waals surface area contributed by atoms with E-state index in [4.69, 9.17) is 0 Å². The van der Waals surface area contributed by atoms with Gasteiger partial charge in [0.2, 0.25) is 0 Å². The van der Waals surface area contributed by atoms with E-state index in [1.54, 1.807) is 37.7 Å². The van der Waals surface area contributed by atoms with Crippen molar-refractivity contribution in [1.29, 1.82) is 0 Å². The molecule has 1 amide bonds. The number of aryl methyl sites for hydroxylation is 2. The Balaban J connectivity index is 1.77. The van der Waals surface area contributed by atoms with Gasteiger partial charge < -0.3 is 14.9 Å². The average Bonchev–Trinajstić information content (AvgIpc) is 3.18. The van der Waals surface area contributed by atoms with Crippen molar-refractivity contribution in [3.05, 3.63) is 58.2 Å². The predicted molar refractivity (Wildman–Crippen MR) is 118 cm³/mol. The van der Waals surface area contributed by atoms with Crippen molar-refractivity contribution in [3.63, 3.8) is 0 Å². The number of piperidine rings is 1. The zero-order chi connectivity index (χ0) is 23.0. The molecule has 2 aromatic rings. The van der Waals surface area contributed by atoms with Crippen molar-refractivity contribution in [2.75, 3.05) is 26.2 Å². The second kappa shape index (κ2) is 8.86. The molecule has 0 saturated carbocycles. The Kier molecular flexibility index (Phi) is 6.15. The fraction of sp³-hybridized carbons (Fsp3) is 0.458. The molecular weight excluding hydrogens is 411 g/mol. The number of amides is 1. The molecule has 32 heavy (non-hydrogen) atoms. The third-order valence-electron chi connectivity index (χ3n) is 6.58. The zero-order valence-electron chi connectivity index (χ0n) is 18.8. The number of hydrogen-bond acceptors (Lipinski definition) is 5. The number of likely N-dealkylation sites (tertiary alicyclic amines) is 2. The summed E-state index contributed by atoms with van der Waals surface area (Å²) in [6.45, 7) is 6.50. The van der Waals surface area contributed by atoms with E-state index in [-0.39, 0.29) is 11.3 Å². The molecule has 1 aromatic carbocycles. The summed E-state index contributed by atoms with van der Waals surface area (Å²) in [6, 6.07) is 4.97. The van der Waals surface area contributed by atoms with Crippen molar-refractivity contribution in [3.8, 4) is 0 Å². The van der Waals surface area contributed by atoms with Crippen LogP contribution >= 0.6 is 0 Å². The quantitative estimate of drug-likeness (QED) is 0.439. The summed E-state index contributed by atoms with van der Waals surface area (Å²) < 4.78 is 15.2. The number of aliphatic hydroxyl groups excluding tert-OH is 1. The van der Waals surface area contributed by atoms with Crippen LogP contribution in [0, 0.1) is 19.7 Å². The van der Waals surface area contributed by atoms with Gasteiger partial charge >= 0.3 is 0 Å². The maximum absolute atomic E-state index is 13.6. The molecule has 7 nitrogen and oxygen atoms in total. The molecule has 0 radical (unpaired) electrons. The monoisotopic (exact) mass is 440 g/mol. The molecule has 3 heterocycles. The summed E-state index contributed by atoms with van der Waals surface area (Å²) in [5, 5.41) is 15.6. The topological polar surface area (TPSA) is 78.7 Å². The highest BCUT2D eigenvalue weighted by molar-refractivity contribution is 6.46. The predicted octanol–water partition coefficient (Wildman–Crippen LogP) is 3.08. The highest BCUT2D eigenvalue weighted by atomic mass is 19.1. The van der Waals surface area contributed by atoms with Crippen molar-refractivity contribution in [2.45, 2.75) is 39.2 Å². The fourth-order valence-corrected chi connectivity index (χ4v) is 4.79. The lowest BCUT2D eigenvalue weighted by molar-refractivity contribution is -0.140. The molecule has 170 valence electrons. The second-order valence-corrected chi connectivity index (χ2v) is 8.62. The van der Waals surface area contributed by atoms with Crippen LogP contribution in [0.2, 0.25) is 0 Å². The van der Waals surface area contributed by atoms with Gasteiger partial charge in [0.1, 0.15) is 11.6 Å². The van der Waals surface area contributed by atoms with Crippen molar-refractivity contribution in [1.82, 2.24) is 19.6 Å². The van der Waals surface area contributed by atoms with E-state index in [9.17, 15) is 19.1 Å². The van der Waals surface area contributed by atoms with Gasteiger partial charge in [-0.1, -0.05) is 18.6 Å². The molecule has 1 N–H and O–H groups in total. The van der Waals surface area contributed by atoms with Gasteiger partial charge in [-0.25, -0.2) is 4.39 Å². The summed E-state index contributed by atoms with van der Waals surface area (Å²) >= 11 is 0. The smallest absolute Gasteiger partial charge is 0.295 e. The SMILES string of the molecule is Cc1nn(C)c(C)c1/C(O)=C1\C(=O)C(=O)N(CCN2CCCCC2)C1c1ccc(F)cc1. The number of carbonyl (C=O) groups is 2. The van der Waals surface area contributed by atoms with Crippen LogP contribution in [0.5, 0.6) is 0 Å². The number of nitrogens with zero attached hydrogens (tertiary/aromatic N) is 4. The maximum atomic E-state index is 13.6. The number of benzene rings is 1. The first kappa shape index (κ1) is 22.2. The number of Topliss-reactive ketones (excluding diaryl/α,β-unsaturated/α-hetero) is 1. The number of aliphatic hydroxyl groups is 1. The molecule has 1 aromatic heterocycles. The Morgan fingerprint density at radius 3 is 2.34 bits per heavy atom. The molecule has 4 rings (SSSR count). The van der Waals surface area contributed by atoms with Gasteiger partial charge in [0.15, 0.2) is 0 Å². The van der Waals surface area contributed by atoms with E-state index in [1.165, 1.54) is 23.5 Å². The maximum Gasteiger partial charge on any atom is 0.295 e. The van der Waals surface area contributed by atoms with Crippen LogP contribution in [0.25, 0.3) is 5.76 Å². The molecule has 2 fully saturated rings. The van der Waals surface area contributed by atoms with Gasteiger partial charge in [-0.15, -0.1) is 0 Å². The summed E-state index contributed by atoms with van der Waals surface area (Å²) in [5.74, 6) is -2.01. The molecule has 2 aliphatic heterocycles. The Morgan fingerprint density at radius 1 is 1.09 bits per heavy atom. The van der Waals surface area contributed by atoms with Gasteiger partial charge in [0.05, 0.1) is 22.9 Å². The van der Waals surface area contributed by atoms with E-state index < -0.39 is 23.5 Å². The lowest BCUT2D eigenvalue weighted by Crippen LogP contribution is -2.39. The van der Waals surface area contributed by atoms with Gasteiger partial charge in [0.25, 0.3) is 11.7 Å². The van der Waals surface area contributed by atoms with Crippen LogP contribution < -0.4 is 0 Å². The third-order valence-corrected chi connectivity index (χ3v) is 6.58. The highest BCUT2D eigenvalue weighted by Crippen LogP contribution is 2.40. The minimum absolute atomic E-state index is 0.0273. The first-order valence-electron chi connectivity index (χ1n) is 11.1. The molecule has 0 bridgehead atoms. The summed E-state index contributed by atoms with van der Waals surface area (Å²) in [7, 11) is 1.76. The van der Waals surface area contributed by atoms with E-state index in [0.29, 0.717) is 35.6 Å². The van der Waals surface area contributed by atoms with Gasteiger partial charge in [0, 0.05) is 25.8 Å². The number of aromatic nitrogens is 2. The van der Waals surface area contributed by atoms with Crippen LogP contribution in [0.15, 0.2) is 29.8 Å². The molecule has 2 saturated heterocycles. The molecule has 8 heteroatoms. The van der Waals surface area contributed by atoms with Crippen LogP contribution in [-0.4, -0.2) is 62.6 Å². The van der Waals surface area contributed by atoms with E-state index in [1.807, 2.05) is 0 Å². The Labute approximate surface area is 187 Å². The molecule has 1 unspecified atom stereocenters. The largest absolute Gasteiger partial charge is 0.507 e. The minimum Gasteiger partial charge on any atom is -0.507 e. The molecule has 1 atom stereocenters. The minimum atomic E-state index is -0.778. The van der Waals surface area contributed by atoms with E-state index in [0.717, 1.165) is 25.9 Å². The van der Waals surface area contributed by atoms with Crippen LogP contribution in [0.3, 0.4) is 0 Å². The van der Waals surface area contributed by atoms with Crippen molar-refractivity contribution >= 4 is 17.4 Å². The van der Waals surface area contributed by atoms with Crippen LogP contribution in [-0.2, 0) is 16.6 Å². The van der Waals surface area contributed by atoms with Gasteiger partial charge in [-0.05, 0) is 57.5 Å². The average molecular weight is 441 g/mol. The lowest BCUT2D eigenvalue weighted by Gasteiger charge is -2.31. The third kappa shape index (κ3) is 3.95. The first-order valence-corrected chi connectivity index (χ1v) is 11.1. The van der Waals surface area contributed by atoms with Crippen molar-refractivity contribution < 1.29 is 19.1 Å². The standard InChI is InChI=1S/C24H29FN4O3/c1-15-19(16(2)27(3)26-15)22(30)20-21(17-7-9-18(25)10-8-17)29(24(32)23(20)31)14-13-28-11-5-4-6-12-28/h7-10,21,30H,4-6,11-14H2,1-3H3/b22-20+. The zero-order valence-corrected chi connectivity index (χ0v) is 18.8.